The second-order valence-electron chi connectivity index (χ2n) is 2.00. The molecule has 1 aromatic rings. The van der Waals surface area contributed by atoms with E-state index in [0.29, 0.717) is 5.56 Å². The number of aromatic nitrogens is 1. The molecular weight excluding hydrogens is 135 g/mol. The lowest BCUT2D eigenvalue weighted by atomic mass is 10.3. The Bertz CT molecular complexity index is 239. The lowest BCUT2D eigenvalue weighted by molar-refractivity contribution is 0.416. The number of hydrogen-bond donors (Lipinski definition) is 2. The van der Waals surface area contributed by atoms with Crippen molar-refractivity contribution in [1.82, 2.24) is 4.98 Å². The minimum atomic E-state index is -0.919. The minimum Gasteiger partial charge on any atom is -0.503 e. The van der Waals surface area contributed by atoms with Crippen LogP contribution in [-0.2, 0) is 0 Å². The molecule has 3 N–H and O–H groups in total. The summed E-state index contributed by atoms with van der Waals surface area (Å²) in [7, 11) is 0. The maximum absolute atomic E-state index is 12.4. The molecule has 3 nitrogen and oxygen atoms in total. The summed E-state index contributed by atoms with van der Waals surface area (Å²) in [5.74, 6) is -1.28. The van der Waals surface area contributed by atoms with Crippen molar-refractivity contribution >= 4 is 5.82 Å². The molecule has 0 amide bonds. The van der Waals surface area contributed by atoms with Crippen LogP contribution in [0.3, 0.4) is 0 Å². The van der Waals surface area contributed by atoms with Crippen LogP contribution in [0.15, 0.2) is 6.07 Å². The van der Waals surface area contributed by atoms with Gasteiger partial charge in [-0.05, 0) is 18.6 Å². The fourth-order valence-corrected chi connectivity index (χ4v) is 0.651. The normalized spacial score (nSPS) is 9.80. The minimum absolute atomic E-state index is 0.0767. The number of pyridine rings is 1. The van der Waals surface area contributed by atoms with E-state index in [0.717, 1.165) is 0 Å². The molecule has 1 aromatic heterocycles. The Balaban J connectivity index is 3.31. The van der Waals surface area contributed by atoms with Crippen molar-refractivity contribution in [3.05, 3.63) is 17.6 Å². The first-order valence-electron chi connectivity index (χ1n) is 2.73. The fourth-order valence-electron chi connectivity index (χ4n) is 0.651. The quantitative estimate of drug-likeness (QED) is 0.527. The van der Waals surface area contributed by atoms with Gasteiger partial charge in [-0.2, -0.15) is 9.37 Å². The van der Waals surface area contributed by atoms with Crippen LogP contribution in [0, 0.1) is 12.9 Å². The number of aromatic hydroxyl groups is 1. The van der Waals surface area contributed by atoms with Crippen LogP contribution in [0.1, 0.15) is 5.56 Å². The van der Waals surface area contributed by atoms with E-state index in [1.807, 2.05) is 0 Å². The third-order valence-electron chi connectivity index (χ3n) is 1.16. The van der Waals surface area contributed by atoms with E-state index in [2.05, 4.69) is 4.98 Å². The molecule has 4 heteroatoms. The number of aryl methyl sites for hydroxylation is 1. The van der Waals surface area contributed by atoms with E-state index in [1.165, 1.54) is 6.07 Å². The molecule has 0 aliphatic carbocycles. The summed E-state index contributed by atoms with van der Waals surface area (Å²) in [6.45, 7) is 1.55. The molecule has 0 saturated carbocycles. The average molecular weight is 142 g/mol. The van der Waals surface area contributed by atoms with Crippen molar-refractivity contribution in [3.63, 3.8) is 0 Å². The number of nitrogens with two attached hydrogens (primary N) is 1. The Hall–Kier alpha value is -1.32. The molecule has 0 aromatic carbocycles. The average Bonchev–Trinajstić information content (AvgIpc) is 1.82. The van der Waals surface area contributed by atoms with Crippen molar-refractivity contribution in [3.8, 4) is 5.75 Å². The van der Waals surface area contributed by atoms with Gasteiger partial charge in [-0.3, -0.25) is 0 Å². The smallest absolute Gasteiger partial charge is 0.257 e. The van der Waals surface area contributed by atoms with Crippen molar-refractivity contribution in [2.75, 3.05) is 5.73 Å². The third-order valence-corrected chi connectivity index (χ3v) is 1.16. The molecular formula is C6H7FN2O. The SMILES string of the molecule is Cc1cc(N)nc(F)c1O. The van der Waals surface area contributed by atoms with Gasteiger partial charge >= 0.3 is 0 Å². The highest BCUT2D eigenvalue weighted by molar-refractivity contribution is 5.39. The molecule has 0 radical (unpaired) electrons. The molecule has 0 aliphatic rings. The fraction of sp³-hybridized carbons (Fsp3) is 0.167. The van der Waals surface area contributed by atoms with Gasteiger partial charge in [0.05, 0.1) is 0 Å². The zero-order chi connectivity index (χ0) is 7.72. The number of hydrogen-bond acceptors (Lipinski definition) is 3. The van der Waals surface area contributed by atoms with Gasteiger partial charge in [0, 0.05) is 0 Å². The van der Waals surface area contributed by atoms with Crippen LogP contribution in [0.2, 0.25) is 0 Å². The van der Waals surface area contributed by atoms with E-state index >= 15 is 0 Å². The van der Waals surface area contributed by atoms with Gasteiger partial charge in [-0.15, -0.1) is 0 Å². The zero-order valence-corrected chi connectivity index (χ0v) is 5.43. The second-order valence-corrected chi connectivity index (χ2v) is 2.00. The Kier molecular flexibility index (Phi) is 1.45. The van der Waals surface area contributed by atoms with Crippen molar-refractivity contribution in [2.24, 2.45) is 0 Å². The first-order chi connectivity index (χ1) is 4.61. The van der Waals surface area contributed by atoms with Gasteiger partial charge in [-0.25, -0.2) is 0 Å². The van der Waals surface area contributed by atoms with Crippen LogP contribution in [-0.4, -0.2) is 10.1 Å². The molecule has 0 aliphatic heterocycles. The Morgan fingerprint density at radius 2 is 2.30 bits per heavy atom. The molecule has 10 heavy (non-hydrogen) atoms. The Morgan fingerprint density at radius 1 is 1.70 bits per heavy atom. The largest absolute Gasteiger partial charge is 0.503 e. The summed E-state index contributed by atoms with van der Waals surface area (Å²) in [5.41, 5.74) is 5.56. The maximum Gasteiger partial charge on any atom is 0.257 e. The van der Waals surface area contributed by atoms with Crippen LogP contribution in [0.25, 0.3) is 0 Å². The van der Waals surface area contributed by atoms with Gasteiger partial charge in [0.25, 0.3) is 5.95 Å². The molecule has 0 bridgehead atoms. The monoisotopic (exact) mass is 142 g/mol. The summed E-state index contributed by atoms with van der Waals surface area (Å²) in [5, 5.41) is 8.84. The molecule has 54 valence electrons. The van der Waals surface area contributed by atoms with Gasteiger partial charge in [-0.1, -0.05) is 0 Å². The first-order valence-corrected chi connectivity index (χ1v) is 2.73. The number of nitrogen functional groups attached to an aromatic ring is 1. The molecule has 0 unspecified atom stereocenters. The number of anilines is 1. The molecule has 0 atom stereocenters. The second kappa shape index (κ2) is 2.13. The van der Waals surface area contributed by atoms with Crippen LogP contribution < -0.4 is 5.73 Å². The molecule has 0 spiro atoms. The Morgan fingerprint density at radius 3 is 2.80 bits per heavy atom. The van der Waals surface area contributed by atoms with E-state index in [-0.39, 0.29) is 5.82 Å². The summed E-state index contributed by atoms with van der Waals surface area (Å²) < 4.78 is 12.4. The van der Waals surface area contributed by atoms with Crippen molar-refractivity contribution in [2.45, 2.75) is 6.92 Å². The van der Waals surface area contributed by atoms with E-state index in [1.54, 1.807) is 6.92 Å². The Labute approximate surface area is 57.3 Å². The molecule has 0 fully saturated rings. The molecule has 1 rings (SSSR count). The maximum atomic E-state index is 12.4. The predicted molar refractivity (Wildman–Crippen MR) is 35.0 cm³/mol. The highest BCUT2D eigenvalue weighted by atomic mass is 19.1. The summed E-state index contributed by atoms with van der Waals surface area (Å²) in [4.78, 5) is 3.20. The lowest BCUT2D eigenvalue weighted by Gasteiger charge is -1.99. The number of halogens is 1. The van der Waals surface area contributed by atoms with Crippen molar-refractivity contribution in [1.29, 1.82) is 0 Å². The van der Waals surface area contributed by atoms with Crippen LogP contribution in [0.5, 0.6) is 5.75 Å². The summed E-state index contributed by atoms with van der Waals surface area (Å²) in [6.07, 6.45) is 0. The van der Waals surface area contributed by atoms with Gasteiger partial charge in [0.15, 0.2) is 5.75 Å². The highest BCUT2D eigenvalue weighted by Gasteiger charge is 2.04. The third kappa shape index (κ3) is 1.00. The van der Waals surface area contributed by atoms with E-state index in [4.69, 9.17) is 10.8 Å². The zero-order valence-electron chi connectivity index (χ0n) is 5.43. The molecule has 0 saturated heterocycles. The molecule has 1 heterocycles. The topological polar surface area (TPSA) is 59.1 Å². The van der Waals surface area contributed by atoms with E-state index in [9.17, 15) is 4.39 Å². The number of rotatable bonds is 0. The van der Waals surface area contributed by atoms with Crippen molar-refractivity contribution < 1.29 is 9.50 Å². The van der Waals surface area contributed by atoms with Gasteiger partial charge in [0.2, 0.25) is 0 Å². The van der Waals surface area contributed by atoms with Gasteiger partial charge < -0.3 is 10.8 Å². The van der Waals surface area contributed by atoms with Gasteiger partial charge in [0.1, 0.15) is 5.82 Å². The van der Waals surface area contributed by atoms with E-state index < -0.39 is 11.7 Å². The first kappa shape index (κ1) is 6.80. The van der Waals surface area contributed by atoms with Crippen LogP contribution in [0.4, 0.5) is 10.2 Å². The number of nitrogens with zero attached hydrogens (tertiary/aromatic N) is 1. The van der Waals surface area contributed by atoms with Crippen LogP contribution >= 0.6 is 0 Å². The lowest BCUT2D eigenvalue weighted by Crippen LogP contribution is -1.94. The predicted octanol–water partition coefficient (Wildman–Crippen LogP) is 0.817. The standard InChI is InChI=1S/C6H7FN2O/c1-3-2-4(8)9-6(7)5(3)10/h2,10H,1H3,(H2,8,9). The highest BCUT2D eigenvalue weighted by Crippen LogP contribution is 2.19. The summed E-state index contributed by atoms with van der Waals surface area (Å²) in [6, 6.07) is 1.40. The summed E-state index contributed by atoms with van der Waals surface area (Å²) >= 11 is 0.